The van der Waals surface area contributed by atoms with E-state index in [1.807, 2.05) is 30.3 Å². The van der Waals surface area contributed by atoms with Crippen molar-refractivity contribution in [2.75, 3.05) is 40.4 Å². The van der Waals surface area contributed by atoms with Crippen molar-refractivity contribution in [3.8, 4) is 0 Å². The van der Waals surface area contributed by atoms with Crippen molar-refractivity contribution in [1.82, 2.24) is 0 Å². The maximum Gasteiger partial charge on any atom is 0.157 e. The maximum atomic E-state index is 6.10. The highest BCUT2D eigenvalue weighted by Crippen LogP contribution is 2.28. The van der Waals surface area contributed by atoms with Crippen LogP contribution in [0.4, 0.5) is 5.69 Å². The molecule has 1 heterocycles. The van der Waals surface area contributed by atoms with Crippen molar-refractivity contribution < 1.29 is 23.7 Å². The van der Waals surface area contributed by atoms with Gasteiger partial charge in [-0.05, 0) is 12.1 Å². The highest BCUT2D eigenvalue weighted by atomic mass is 16.6. The van der Waals surface area contributed by atoms with Crippen LogP contribution < -0.4 is 5.32 Å². The Balaban J connectivity index is 2.19. The third-order valence-corrected chi connectivity index (χ3v) is 3.86. The summed E-state index contributed by atoms with van der Waals surface area (Å²) in [4.78, 5) is 0. The summed E-state index contributed by atoms with van der Waals surface area (Å²) in [5.41, 5.74) is 0.955. The first-order chi connectivity index (χ1) is 10.7. The second kappa shape index (κ2) is 8.45. The Morgan fingerprint density at radius 2 is 1.55 bits per heavy atom. The lowest BCUT2D eigenvalue weighted by Gasteiger charge is -2.45. The van der Waals surface area contributed by atoms with Crippen molar-refractivity contribution in [3.05, 3.63) is 30.3 Å². The predicted molar refractivity (Wildman–Crippen MR) is 83.0 cm³/mol. The Morgan fingerprint density at radius 3 is 2.09 bits per heavy atom. The lowest BCUT2D eigenvalue weighted by Crippen LogP contribution is -2.62. The molecule has 0 amide bonds. The topological polar surface area (TPSA) is 58.2 Å². The molecule has 1 aromatic carbocycles. The van der Waals surface area contributed by atoms with Gasteiger partial charge >= 0.3 is 0 Å². The number of para-hydroxylation sites is 1. The zero-order valence-electron chi connectivity index (χ0n) is 13.5. The summed E-state index contributed by atoms with van der Waals surface area (Å²) in [5.74, 6) is 0. The van der Waals surface area contributed by atoms with Gasteiger partial charge in [0.15, 0.2) is 6.23 Å². The Bertz CT molecular complexity index is 430. The van der Waals surface area contributed by atoms with Crippen molar-refractivity contribution in [1.29, 1.82) is 0 Å². The van der Waals surface area contributed by atoms with E-state index >= 15 is 0 Å². The third kappa shape index (κ3) is 3.77. The molecule has 1 saturated heterocycles. The SMILES string of the molecule is COC[C@H]1O[C@H](Nc2ccccc2)[C@H](OC)[C@@H](OC)[C@@H]1OC. The van der Waals surface area contributed by atoms with Gasteiger partial charge in [-0.25, -0.2) is 0 Å². The van der Waals surface area contributed by atoms with E-state index in [0.717, 1.165) is 5.69 Å². The van der Waals surface area contributed by atoms with Crippen molar-refractivity contribution in [2.45, 2.75) is 30.6 Å². The molecule has 0 radical (unpaired) electrons. The van der Waals surface area contributed by atoms with Gasteiger partial charge in [-0.1, -0.05) is 18.2 Å². The summed E-state index contributed by atoms with van der Waals surface area (Å²) in [5, 5.41) is 3.34. The number of hydrogen-bond acceptors (Lipinski definition) is 6. The van der Waals surface area contributed by atoms with Gasteiger partial charge < -0.3 is 29.0 Å². The highest BCUT2D eigenvalue weighted by Gasteiger charge is 2.47. The minimum absolute atomic E-state index is 0.243. The summed E-state index contributed by atoms with van der Waals surface area (Å²) in [6.07, 6.45) is -1.42. The molecule has 1 N–H and O–H groups in total. The first kappa shape index (κ1) is 17.2. The molecule has 0 unspecified atom stereocenters. The minimum atomic E-state index is -0.358. The minimum Gasteiger partial charge on any atom is -0.382 e. The van der Waals surface area contributed by atoms with E-state index < -0.39 is 0 Å². The molecule has 0 bridgehead atoms. The smallest absolute Gasteiger partial charge is 0.157 e. The maximum absolute atomic E-state index is 6.10. The van der Waals surface area contributed by atoms with Crippen LogP contribution in [0.2, 0.25) is 0 Å². The van der Waals surface area contributed by atoms with Crippen molar-refractivity contribution >= 4 is 5.69 Å². The zero-order valence-corrected chi connectivity index (χ0v) is 13.5. The van der Waals surface area contributed by atoms with Crippen LogP contribution in [-0.2, 0) is 23.7 Å². The lowest BCUT2D eigenvalue weighted by atomic mass is 9.97. The van der Waals surface area contributed by atoms with Gasteiger partial charge in [0, 0.05) is 34.1 Å². The molecule has 1 fully saturated rings. The van der Waals surface area contributed by atoms with Crippen LogP contribution in [0.3, 0.4) is 0 Å². The second-order valence-electron chi connectivity index (χ2n) is 5.16. The monoisotopic (exact) mass is 311 g/mol. The Kier molecular flexibility index (Phi) is 6.60. The quantitative estimate of drug-likeness (QED) is 0.824. The molecular formula is C16H25NO5. The summed E-state index contributed by atoms with van der Waals surface area (Å²) in [7, 11) is 6.57. The summed E-state index contributed by atoms with van der Waals surface area (Å²) < 4.78 is 28.1. The molecule has 1 aliphatic rings. The first-order valence-electron chi connectivity index (χ1n) is 7.29. The number of methoxy groups -OCH3 is 4. The number of rotatable bonds is 7. The molecule has 22 heavy (non-hydrogen) atoms. The van der Waals surface area contributed by atoms with E-state index in [1.165, 1.54) is 0 Å². The van der Waals surface area contributed by atoms with Crippen LogP contribution in [0.15, 0.2) is 30.3 Å². The molecule has 0 aliphatic carbocycles. The second-order valence-corrected chi connectivity index (χ2v) is 5.16. The van der Waals surface area contributed by atoms with Crippen molar-refractivity contribution in [2.24, 2.45) is 0 Å². The van der Waals surface area contributed by atoms with E-state index in [1.54, 1.807) is 28.4 Å². The molecule has 124 valence electrons. The van der Waals surface area contributed by atoms with E-state index in [0.29, 0.717) is 6.61 Å². The molecule has 0 aromatic heterocycles. The predicted octanol–water partition coefficient (Wildman–Crippen LogP) is 1.51. The average Bonchev–Trinajstić information content (AvgIpc) is 2.55. The lowest BCUT2D eigenvalue weighted by molar-refractivity contribution is -0.243. The normalized spacial score (nSPS) is 31.9. The molecular weight excluding hydrogens is 286 g/mol. The van der Waals surface area contributed by atoms with E-state index in [2.05, 4.69) is 5.32 Å². The van der Waals surface area contributed by atoms with Crippen LogP contribution in [-0.4, -0.2) is 65.7 Å². The van der Waals surface area contributed by atoms with E-state index in [4.69, 9.17) is 23.7 Å². The fourth-order valence-corrected chi connectivity index (χ4v) is 2.84. The van der Waals surface area contributed by atoms with Crippen LogP contribution in [0, 0.1) is 0 Å². The number of hydrogen-bond donors (Lipinski definition) is 1. The molecule has 0 spiro atoms. The van der Waals surface area contributed by atoms with Crippen molar-refractivity contribution in [3.63, 3.8) is 0 Å². The molecule has 6 heteroatoms. The molecule has 1 aromatic rings. The van der Waals surface area contributed by atoms with Gasteiger partial charge in [-0.15, -0.1) is 0 Å². The first-order valence-corrected chi connectivity index (χ1v) is 7.29. The fraction of sp³-hybridized carbons (Fsp3) is 0.625. The number of nitrogens with one attached hydrogen (secondary N) is 1. The summed E-state index contributed by atoms with van der Waals surface area (Å²) in [6, 6.07) is 9.85. The zero-order chi connectivity index (χ0) is 15.9. The molecule has 2 rings (SSSR count). The Morgan fingerprint density at radius 1 is 0.909 bits per heavy atom. The van der Waals surface area contributed by atoms with Gasteiger partial charge in [0.05, 0.1) is 6.61 Å². The van der Waals surface area contributed by atoms with Crippen LogP contribution in [0.25, 0.3) is 0 Å². The van der Waals surface area contributed by atoms with Gasteiger partial charge in [0.1, 0.15) is 24.4 Å². The largest absolute Gasteiger partial charge is 0.382 e. The Hall–Kier alpha value is -1.18. The van der Waals surface area contributed by atoms with Crippen LogP contribution >= 0.6 is 0 Å². The molecule has 6 nitrogen and oxygen atoms in total. The van der Waals surface area contributed by atoms with E-state index in [9.17, 15) is 0 Å². The standard InChI is InChI=1S/C16H25NO5/c1-18-10-12-13(19-2)14(20-3)15(21-4)16(22-12)17-11-8-6-5-7-9-11/h5-9,12-17H,10H2,1-4H3/t12-,13-,14+,15-,16+/m1/s1. The third-order valence-electron chi connectivity index (χ3n) is 3.86. The van der Waals surface area contributed by atoms with Crippen LogP contribution in [0.5, 0.6) is 0 Å². The summed E-state index contributed by atoms with van der Waals surface area (Å²) in [6.45, 7) is 0.418. The number of anilines is 1. The van der Waals surface area contributed by atoms with Crippen LogP contribution in [0.1, 0.15) is 0 Å². The highest BCUT2D eigenvalue weighted by molar-refractivity contribution is 5.43. The fourth-order valence-electron chi connectivity index (χ4n) is 2.84. The molecule has 1 aliphatic heterocycles. The molecule has 0 saturated carbocycles. The van der Waals surface area contributed by atoms with Gasteiger partial charge in [0.25, 0.3) is 0 Å². The summed E-state index contributed by atoms with van der Waals surface area (Å²) >= 11 is 0. The average molecular weight is 311 g/mol. The van der Waals surface area contributed by atoms with E-state index in [-0.39, 0.29) is 30.6 Å². The van der Waals surface area contributed by atoms with Gasteiger partial charge in [-0.3, -0.25) is 0 Å². The Labute approximate surface area is 131 Å². The van der Waals surface area contributed by atoms with Gasteiger partial charge in [0.2, 0.25) is 0 Å². The van der Waals surface area contributed by atoms with Gasteiger partial charge in [-0.2, -0.15) is 0 Å². The molecule has 5 atom stereocenters. The number of benzene rings is 1. The number of ether oxygens (including phenoxy) is 5.